The molecule has 0 aromatic heterocycles. The van der Waals surface area contributed by atoms with E-state index in [9.17, 15) is 38.7 Å². The van der Waals surface area contributed by atoms with E-state index in [0.29, 0.717) is 26.1 Å². The van der Waals surface area contributed by atoms with E-state index < -0.39 is 42.4 Å². The first-order chi connectivity index (χ1) is 53.8. The molecule has 8 aromatic carbocycles. The number of methoxy groups -OCH3 is 3. The van der Waals surface area contributed by atoms with Crippen LogP contribution in [0, 0.1) is 0 Å². The number of aliphatic hydroxyl groups is 1. The van der Waals surface area contributed by atoms with Gasteiger partial charge < -0.3 is 54.6 Å². The number of nitrogens with one attached hydrogen (secondary N) is 3. The largest absolute Gasteiger partial charge is 0.480 e. The molecule has 0 radical (unpaired) electrons. The van der Waals surface area contributed by atoms with E-state index in [0.717, 1.165) is 75.9 Å². The number of benzene rings is 8. The number of carbonyl (C=O) groups excluding carboxylic acids is 6. The summed E-state index contributed by atoms with van der Waals surface area (Å²) in [5, 5.41) is 25.6. The molecule has 19 heteroatoms. The topological polar surface area (TPSA) is 264 Å². The van der Waals surface area contributed by atoms with Gasteiger partial charge in [0.05, 0.1) is 37.9 Å². The molecule has 0 heterocycles. The van der Waals surface area contributed by atoms with E-state index in [1.54, 1.807) is 27.4 Å². The molecular weight excluding hydrogens is 1400 g/mol. The number of aliphatic imine (C=N–C) groups is 1. The average molecular weight is 1530 g/mol. The van der Waals surface area contributed by atoms with Crippen molar-refractivity contribution < 1.29 is 72.2 Å². The number of hydrogen-bond donors (Lipinski definition) is 5. The number of amides is 3. The van der Waals surface area contributed by atoms with Crippen molar-refractivity contribution in [1.82, 2.24) is 16.0 Å². The van der Waals surface area contributed by atoms with Crippen LogP contribution in [0.3, 0.4) is 0 Å². The number of Topliss-reactive ketones (excluding diaryl/α,β-unsaturated/α-hetero) is 2. The Morgan fingerprint density at radius 1 is 0.360 bits per heavy atom. The summed E-state index contributed by atoms with van der Waals surface area (Å²) in [5.41, 5.74) is 12.2. The molecule has 0 bridgehead atoms. The first-order valence-corrected chi connectivity index (χ1v) is 38.4. The van der Waals surface area contributed by atoms with Crippen LogP contribution < -0.4 is 16.0 Å². The summed E-state index contributed by atoms with van der Waals surface area (Å²) in [7, 11) is 4.94. The quantitative estimate of drug-likeness (QED) is 0.0166. The van der Waals surface area contributed by atoms with Gasteiger partial charge in [0.2, 0.25) is 6.08 Å². The SMILES string of the molecule is CC.CC.CC.CC.CC(Cc1ccccc1)N=C=O.CCC.CCOC.CCc1ccc(CO)cc1.CCc1ccc(COC(=O)NC(Cc2ccccc2)C(C)=O)cc1.COCc1ccc(COC(=O)NC(Cc2ccccc2)C(=O)O)cc1.COCc1ccc(COC(=O)NC(Cc2ccccc2)C(C)=O)cc1. The van der Waals surface area contributed by atoms with Crippen LogP contribution >= 0.6 is 0 Å². The Hall–Kier alpha value is -10.4. The van der Waals surface area contributed by atoms with Crippen LogP contribution in [0.25, 0.3) is 0 Å². The predicted molar refractivity (Wildman–Crippen MR) is 449 cm³/mol. The molecule has 5 N–H and O–H groups in total. The number of hydrogen-bond acceptors (Lipinski definition) is 15. The standard InChI is InChI=1S/C20H23NO4.C20H23NO3.C19H21NO5.C10H11NO.C9H12O.C3H8O.C3H8.4C2H6/c1-15(22)19(12-16-6-4-3-5-7-16)21-20(23)25-14-18-10-8-17(9-11-18)13-24-2;1-3-16-9-11-18(12-10-16)14-24-20(23)21-19(15(2)22)13-17-7-5-4-6-8-17;1-24-12-15-7-9-16(10-8-15)13-25-19(23)20-17(18(21)22)11-14-5-3-2-4-6-14;1-9(11-8-12)7-10-5-3-2-4-6-10;1-2-8-3-5-9(7-10)6-4-8;1-3-4-2;1-3-2;4*1-2/h3-11,19H,12-14H2,1-2H3,(H,21,23);4-12,19H,3,13-14H2,1-2H3,(H,21,23);2-10,17H,11-13H2,1H3,(H,20,23)(H,21,22);2-6,9H,7H2,1H3;3-6,10H,2,7H2,1H3;3H2,1-2H3;3H2,1-2H3;4*1-2H3. The zero-order valence-electron chi connectivity index (χ0n) is 69.6. The Kier molecular flexibility index (Phi) is 67.2. The summed E-state index contributed by atoms with van der Waals surface area (Å²) >= 11 is 0. The fraction of sp³-hybridized carbons (Fsp3) is 0.402. The van der Waals surface area contributed by atoms with Gasteiger partial charge in [0.1, 0.15) is 25.9 Å². The fourth-order valence-corrected chi connectivity index (χ4v) is 8.98. The normalized spacial score (nSPS) is 10.5. The number of nitrogens with zero attached hydrogens (tertiary/aromatic N) is 1. The first-order valence-electron chi connectivity index (χ1n) is 38.4. The van der Waals surface area contributed by atoms with Crippen molar-refractivity contribution in [3.8, 4) is 0 Å². The molecule has 3 amide bonds. The minimum atomic E-state index is -1.11. The zero-order valence-corrected chi connectivity index (χ0v) is 69.6. The number of alkyl carbamates (subject to hydrolysis) is 3. The molecule has 111 heavy (non-hydrogen) atoms. The molecule has 4 unspecified atom stereocenters. The number of carbonyl (C=O) groups is 6. The van der Waals surface area contributed by atoms with Gasteiger partial charge in [-0.2, -0.15) is 0 Å². The monoisotopic (exact) mass is 1530 g/mol. The molecule has 8 rings (SSSR count). The van der Waals surface area contributed by atoms with Crippen LogP contribution in [0.15, 0.2) is 223 Å². The maximum atomic E-state index is 12.0. The number of aryl methyl sites for hydroxylation is 2. The van der Waals surface area contributed by atoms with Gasteiger partial charge in [-0.25, -0.2) is 29.0 Å². The number of carboxylic acids is 1. The van der Waals surface area contributed by atoms with Crippen molar-refractivity contribution in [3.63, 3.8) is 0 Å². The third-order valence-electron chi connectivity index (χ3n) is 14.8. The predicted octanol–water partition coefficient (Wildman–Crippen LogP) is 19.6. The number of ether oxygens (including phenoxy) is 6. The van der Waals surface area contributed by atoms with E-state index in [2.05, 4.69) is 53.4 Å². The molecule has 0 saturated carbocycles. The van der Waals surface area contributed by atoms with Crippen LogP contribution in [0.1, 0.15) is 184 Å². The van der Waals surface area contributed by atoms with Crippen molar-refractivity contribution in [2.24, 2.45) is 4.99 Å². The van der Waals surface area contributed by atoms with Crippen molar-refractivity contribution in [1.29, 1.82) is 0 Å². The highest BCUT2D eigenvalue weighted by Gasteiger charge is 2.22. The second-order valence-electron chi connectivity index (χ2n) is 23.5. The van der Waals surface area contributed by atoms with Crippen molar-refractivity contribution in [2.75, 3.05) is 27.9 Å². The minimum absolute atomic E-state index is 0.0323. The highest BCUT2D eigenvalue weighted by molar-refractivity contribution is 5.86. The van der Waals surface area contributed by atoms with E-state index in [-0.39, 0.29) is 50.5 Å². The number of aliphatic carboxylic acids is 1. The first kappa shape index (κ1) is 105. The number of isocyanates is 1. The number of rotatable bonds is 29. The Morgan fingerprint density at radius 3 is 0.820 bits per heavy atom. The van der Waals surface area contributed by atoms with Crippen LogP contribution in [-0.4, -0.2) is 104 Å². The summed E-state index contributed by atoms with van der Waals surface area (Å²) in [6.07, 6.45) is 4.80. The van der Waals surface area contributed by atoms with Crippen LogP contribution in [0.5, 0.6) is 0 Å². The maximum absolute atomic E-state index is 12.0. The Morgan fingerprint density at radius 2 is 0.595 bits per heavy atom. The lowest BCUT2D eigenvalue weighted by molar-refractivity contribution is -0.139. The highest BCUT2D eigenvalue weighted by atomic mass is 16.6. The van der Waals surface area contributed by atoms with Crippen molar-refractivity contribution in [3.05, 3.63) is 285 Å². The Bertz CT molecular complexity index is 3470. The molecule has 19 nitrogen and oxygen atoms in total. The summed E-state index contributed by atoms with van der Waals surface area (Å²) in [6, 6.07) is 67.0. The molecule has 0 aliphatic heterocycles. The number of aliphatic hydroxyl groups excluding tert-OH is 1. The average Bonchev–Trinajstić information content (AvgIpc) is 0.912. The van der Waals surface area contributed by atoms with E-state index in [1.807, 2.05) is 288 Å². The second kappa shape index (κ2) is 71.2. The van der Waals surface area contributed by atoms with Gasteiger partial charge >= 0.3 is 24.2 Å². The minimum Gasteiger partial charge on any atom is -0.480 e. The number of ketones is 2. The summed E-state index contributed by atoms with van der Waals surface area (Å²) < 4.78 is 30.2. The van der Waals surface area contributed by atoms with Gasteiger partial charge in [0.15, 0.2) is 11.6 Å². The van der Waals surface area contributed by atoms with Gasteiger partial charge in [-0.15, -0.1) is 0 Å². The second-order valence-corrected chi connectivity index (χ2v) is 23.5. The lowest BCUT2D eigenvalue weighted by Gasteiger charge is -2.16. The lowest BCUT2D eigenvalue weighted by atomic mass is 10.0. The molecular formula is C92H130N4O15. The van der Waals surface area contributed by atoms with Crippen LogP contribution in [-0.2, 0) is 126 Å². The van der Waals surface area contributed by atoms with E-state index in [4.69, 9.17) is 28.8 Å². The van der Waals surface area contributed by atoms with Crippen LogP contribution in [0.2, 0.25) is 0 Å². The Labute approximate surface area is 664 Å². The van der Waals surface area contributed by atoms with Gasteiger partial charge in [-0.3, -0.25) is 9.59 Å². The summed E-state index contributed by atoms with van der Waals surface area (Å²) in [4.78, 5) is 84.2. The maximum Gasteiger partial charge on any atom is 0.408 e. The molecule has 4 atom stereocenters. The van der Waals surface area contributed by atoms with Gasteiger partial charge in [-0.05, 0) is 127 Å². The lowest BCUT2D eigenvalue weighted by Crippen LogP contribution is -2.42. The molecule has 0 aliphatic rings. The molecule has 608 valence electrons. The van der Waals surface area contributed by atoms with Crippen molar-refractivity contribution in [2.45, 2.75) is 220 Å². The van der Waals surface area contributed by atoms with Gasteiger partial charge in [0.25, 0.3) is 0 Å². The molecule has 0 fully saturated rings. The smallest absolute Gasteiger partial charge is 0.408 e. The third-order valence-corrected chi connectivity index (χ3v) is 14.8. The van der Waals surface area contributed by atoms with E-state index in [1.165, 1.54) is 37.0 Å². The third kappa shape index (κ3) is 54.0. The van der Waals surface area contributed by atoms with Crippen molar-refractivity contribution >= 4 is 41.9 Å². The fourth-order valence-electron chi connectivity index (χ4n) is 8.98. The Balaban J connectivity index is -0.00000129. The molecule has 0 aliphatic carbocycles. The highest BCUT2D eigenvalue weighted by Crippen LogP contribution is 2.13. The van der Waals surface area contributed by atoms with Gasteiger partial charge in [-0.1, -0.05) is 308 Å². The summed E-state index contributed by atoms with van der Waals surface area (Å²) in [5.74, 6) is -1.31. The summed E-state index contributed by atoms with van der Waals surface area (Å²) in [6.45, 7) is 33.7. The zero-order chi connectivity index (χ0) is 83.8. The number of carboxylic acid groups (broad SMARTS) is 1. The molecule has 0 spiro atoms. The van der Waals surface area contributed by atoms with Crippen LogP contribution in [0.4, 0.5) is 14.4 Å². The molecule has 8 aromatic rings. The molecule has 0 saturated heterocycles. The van der Waals surface area contributed by atoms with Gasteiger partial charge in [0, 0.05) is 34.4 Å². The van der Waals surface area contributed by atoms with E-state index >= 15 is 0 Å².